The topological polar surface area (TPSA) is 90.0 Å². The van der Waals surface area contributed by atoms with E-state index in [1.165, 1.54) is 0 Å². The van der Waals surface area contributed by atoms with Gasteiger partial charge in [-0.25, -0.2) is 18.1 Å². The summed E-state index contributed by atoms with van der Waals surface area (Å²) in [5.74, 6) is 0.815. The van der Waals surface area contributed by atoms with Crippen molar-refractivity contribution in [3.05, 3.63) is 12.5 Å². The SMILES string of the molecule is CC(C)CC(CN)NS(=O)(=O)c1cn(CC(C)C)cn1.Cl. The lowest BCUT2D eigenvalue weighted by Gasteiger charge is -2.17. The van der Waals surface area contributed by atoms with Gasteiger partial charge in [0.1, 0.15) is 0 Å². The van der Waals surface area contributed by atoms with Gasteiger partial charge >= 0.3 is 0 Å². The van der Waals surface area contributed by atoms with E-state index >= 15 is 0 Å². The lowest BCUT2D eigenvalue weighted by atomic mass is 10.1. The summed E-state index contributed by atoms with van der Waals surface area (Å²) in [5, 5.41) is 0.0559. The lowest BCUT2D eigenvalue weighted by Crippen LogP contribution is -2.41. The predicted octanol–water partition coefficient (Wildman–Crippen LogP) is 1.61. The largest absolute Gasteiger partial charge is 0.336 e. The molecule has 0 saturated heterocycles. The third-order valence-electron chi connectivity index (χ3n) is 2.82. The second-order valence-corrected chi connectivity index (χ2v) is 7.65. The van der Waals surface area contributed by atoms with Crippen LogP contribution in [0, 0.1) is 11.8 Å². The zero-order valence-electron chi connectivity index (χ0n) is 13.1. The summed E-state index contributed by atoms with van der Waals surface area (Å²) in [6.45, 7) is 9.24. The van der Waals surface area contributed by atoms with Crippen molar-refractivity contribution in [1.29, 1.82) is 0 Å². The van der Waals surface area contributed by atoms with E-state index in [0.717, 1.165) is 6.54 Å². The summed E-state index contributed by atoms with van der Waals surface area (Å²) < 4.78 is 28.9. The first kappa shape index (κ1) is 20.4. The lowest BCUT2D eigenvalue weighted by molar-refractivity contribution is 0.464. The van der Waals surface area contributed by atoms with Gasteiger partial charge in [0.15, 0.2) is 5.03 Å². The van der Waals surface area contributed by atoms with E-state index in [2.05, 4.69) is 23.6 Å². The zero-order chi connectivity index (χ0) is 15.3. The van der Waals surface area contributed by atoms with E-state index in [0.29, 0.717) is 18.3 Å². The van der Waals surface area contributed by atoms with Gasteiger partial charge in [0, 0.05) is 25.3 Å². The highest BCUT2D eigenvalue weighted by atomic mass is 35.5. The predicted molar refractivity (Wildman–Crippen MR) is 86.9 cm³/mol. The fourth-order valence-corrected chi connectivity index (χ4v) is 3.25. The van der Waals surface area contributed by atoms with Crippen LogP contribution in [0.3, 0.4) is 0 Å². The van der Waals surface area contributed by atoms with Gasteiger partial charge in [0.05, 0.1) is 6.33 Å². The third-order valence-corrected chi connectivity index (χ3v) is 4.23. The van der Waals surface area contributed by atoms with Crippen LogP contribution >= 0.6 is 12.4 Å². The van der Waals surface area contributed by atoms with E-state index < -0.39 is 10.0 Å². The zero-order valence-corrected chi connectivity index (χ0v) is 14.7. The molecule has 0 bridgehead atoms. The second kappa shape index (κ2) is 8.73. The number of nitrogens with two attached hydrogens (primary N) is 1. The Morgan fingerprint density at radius 1 is 1.29 bits per heavy atom. The smallest absolute Gasteiger partial charge is 0.259 e. The molecule has 124 valence electrons. The molecule has 0 radical (unpaired) electrons. The standard InChI is InChI=1S/C13H26N4O2S.ClH/c1-10(2)5-12(6-14)16-20(18,19)13-8-17(9-15-13)7-11(3)4;/h8-12,16H,5-7,14H2,1-4H3;1H. The Balaban J connectivity index is 0.00000400. The first-order valence-electron chi connectivity index (χ1n) is 6.98. The molecule has 0 saturated carbocycles. The van der Waals surface area contributed by atoms with E-state index in [-0.39, 0.29) is 30.0 Å². The maximum absolute atomic E-state index is 12.2. The van der Waals surface area contributed by atoms with E-state index in [1.807, 2.05) is 13.8 Å². The molecule has 1 atom stereocenters. The molecule has 0 fully saturated rings. The molecule has 1 heterocycles. The van der Waals surface area contributed by atoms with Gasteiger partial charge in [-0.15, -0.1) is 12.4 Å². The summed E-state index contributed by atoms with van der Waals surface area (Å²) >= 11 is 0. The molecule has 1 aromatic heterocycles. The average molecular weight is 339 g/mol. The van der Waals surface area contributed by atoms with Crippen molar-refractivity contribution in [2.45, 2.75) is 51.7 Å². The number of halogens is 1. The van der Waals surface area contributed by atoms with Crippen LogP contribution in [-0.2, 0) is 16.6 Å². The van der Waals surface area contributed by atoms with Gasteiger partial charge in [-0.1, -0.05) is 27.7 Å². The van der Waals surface area contributed by atoms with Gasteiger partial charge in [-0.2, -0.15) is 0 Å². The number of hydrogen-bond donors (Lipinski definition) is 2. The number of aromatic nitrogens is 2. The minimum atomic E-state index is -3.59. The number of rotatable bonds is 8. The molecule has 1 rings (SSSR count). The fraction of sp³-hybridized carbons (Fsp3) is 0.769. The number of hydrogen-bond acceptors (Lipinski definition) is 4. The average Bonchev–Trinajstić information content (AvgIpc) is 2.75. The highest BCUT2D eigenvalue weighted by molar-refractivity contribution is 7.89. The van der Waals surface area contributed by atoms with Gasteiger partial charge in [-0.3, -0.25) is 0 Å². The van der Waals surface area contributed by atoms with Crippen LogP contribution in [0.1, 0.15) is 34.1 Å². The highest BCUT2D eigenvalue weighted by Gasteiger charge is 2.22. The molecule has 0 aliphatic carbocycles. The molecule has 8 heteroatoms. The molecule has 1 aromatic rings. The quantitative estimate of drug-likeness (QED) is 0.753. The highest BCUT2D eigenvalue weighted by Crippen LogP contribution is 2.11. The molecule has 6 nitrogen and oxygen atoms in total. The molecule has 0 aliphatic rings. The number of sulfonamides is 1. The number of imidazole rings is 1. The van der Waals surface area contributed by atoms with E-state index in [1.54, 1.807) is 17.1 Å². The molecule has 0 aromatic carbocycles. The maximum Gasteiger partial charge on any atom is 0.259 e. The van der Waals surface area contributed by atoms with Crippen LogP contribution < -0.4 is 10.5 Å². The van der Waals surface area contributed by atoms with Crippen molar-refractivity contribution < 1.29 is 8.42 Å². The van der Waals surface area contributed by atoms with Gasteiger partial charge in [0.25, 0.3) is 10.0 Å². The molecular formula is C13H27ClN4O2S. The Morgan fingerprint density at radius 3 is 2.38 bits per heavy atom. The van der Waals surface area contributed by atoms with Gasteiger partial charge in [-0.05, 0) is 18.3 Å². The van der Waals surface area contributed by atoms with E-state index in [4.69, 9.17) is 5.73 Å². The minimum absolute atomic E-state index is 0. The maximum atomic E-state index is 12.2. The number of nitrogens with zero attached hydrogens (tertiary/aromatic N) is 2. The molecule has 0 aliphatic heterocycles. The first-order chi connectivity index (χ1) is 9.24. The second-order valence-electron chi connectivity index (χ2n) is 5.99. The molecule has 1 unspecified atom stereocenters. The van der Waals surface area contributed by atoms with E-state index in [9.17, 15) is 8.42 Å². The summed E-state index contributed by atoms with van der Waals surface area (Å²) in [5.41, 5.74) is 5.62. The molecule has 3 N–H and O–H groups in total. The normalized spacial score (nSPS) is 13.5. The molecular weight excluding hydrogens is 312 g/mol. The summed E-state index contributed by atoms with van der Waals surface area (Å²) in [6.07, 6.45) is 3.82. The first-order valence-corrected chi connectivity index (χ1v) is 8.47. The summed E-state index contributed by atoms with van der Waals surface area (Å²) in [6, 6.07) is -0.254. The van der Waals surface area contributed by atoms with Crippen molar-refractivity contribution in [2.75, 3.05) is 6.54 Å². The van der Waals surface area contributed by atoms with Crippen LogP contribution in [0.5, 0.6) is 0 Å². The third kappa shape index (κ3) is 6.78. The Kier molecular flexibility index (Phi) is 8.46. The fourth-order valence-electron chi connectivity index (χ4n) is 2.04. The Bertz CT molecular complexity index is 514. The monoisotopic (exact) mass is 338 g/mol. The Morgan fingerprint density at radius 2 is 1.90 bits per heavy atom. The van der Waals surface area contributed by atoms with Crippen molar-refractivity contribution in [1.82, 2.24) is 14.3 Å². The van der Waals surface area contributed by atoms with Crippen LogP contribution in [0.2, 0.25) is 0 Å². The Hall–Kier alpha value is -0.630. The summed E-state index contributed by atoms with van der Waals surface area (Å²) in [7, 11) is -3.59. The molecule has 0 amide bonds. The number of nitrogens with one attached hydrogen (secondary N) is 1. The van der Waals surface area contributed by atoms with Crippen LogP contribution in [-0.4, -0.2) is 30.6 Å². The van der Waals surface area contributed by atoms with Crippen LogP contribution in [0.25, 0.3) is 0 Å². The van der Waals surface area contributed by atoms with Crippen molar-refractivity contribution >= 4 is 22.4 Å². The van der Waals surface area contributed by atoms with Gasteiger partial charge in [0.2, 0.25) is 0 Å². The van der Waals surface area contributed by atoms with Crippen molar-refractivity contribution in [2.24, 2.45) is 17.6 Å². The van der Waals surface area contributed by atoms with Crippen molar-refractivity contribution in [3.8, 4) is 0 Å². The molecule has 0 spiro atoms. The minimum Gasteiger partial charge on any atom is -0.336 e. The Labute approximate surface area is 134 Å². The molecule has 21 heavy (non-hydrogen) atoms. The van der Waals surface area contributed by atoms with Crippen molar-refractivity contribution in [3.63, 3.8) is 0 Å². The van der Waals surface area contributed by atoms with Crippen LogP contribution in [0.4, 0.5) is 0 Å². The summed E-state index contributed by atoms with van der Waals surface area (Å²) in [4.78, 5) is 3.98. The van der Waals surface area contributed by atoms with Crippen LogP contribution in [0.15, 0.2) is 17.6 Å². The van der Waals surface area contributed by atoms with Gasteiger partial charge < -0.3 is 10.3 Å².